The van der Waals surface area contributed by atoms with Crippen molar-refractivity contribution in [2.24, 2.45) is 5.73 Å². The van der Waals surface area contributed by atoms with Crippen LogP contribution >= 0.6 is 23.8 Å². The van der Waals surface area contributed by atoms with Crippen molar-refractivity contribution in [1.29, 1.82) is 0 Å². The van der Waals surface area contributed by atoms with Gasteiger partial charge in [-0.15, -0.1) is 0 Å². The van der Waals surface area contributed by atoms with E-state index >= 15 is 0 Å². The van der Waals surface area contributed by atoms with Gasteiger partial charge in [0.1, 0.15) is 10.8 Å². The number of nitrogens with one attached hydrogen (secondary N) is 1. The molecular weight excluding hydrogens is 271 g/mol. The van der Waals surface area contributed by atoms with Gasteiger partial charge in [0.2, 0.25) is 0 Å². The molecule has 0 aliphatic heterocycles. The monoisotopic (exact) mass is 280 g/mol. The first kappa shape index (κ1) is 12.8. The molecule has 0 atom stereocenters. The molecule has 0 amide bonds. The molecule has 5 heteroatoms. The summed E-state index contributed by atoms with van der Waals surface area (Å²) in [6.07, 6.45) is 0. The minimum absolute atomic E-state index is 0.233. The molecule has 0 saturated carbocycles. The minimum atomic E-state index is -0.314. The molecule has 18 heavy (non-hydrogen) atoms. The number of anilines is 2. The van der Waals surface area contributed by atoms with E-state index in [9.17, 15) is 4.39 Å². The number of hydrogen-bond acceptors (Lipinski definition) is 2. The Kier molecular flexibility index (Phi) is 3.79. The van der Waals surface area contributed by atoms with Crippen molar-refractivity contribution in [2.75, 3.05) is 5.32 Å². The molecule has 92 valence electrons. The van der Waals surface area contributed by atoms with Crippen molar-refractivity contribution in [3.05, 3.63) is 58.9 Å². The first-order valence-corrected chi connectivity index (χ1v) is 5.97. The second-order valence-electron chi connectivity index (χ2n) is 3.69. The maximum atomic E-state index is 13.1. The highest BCUT2D eigenvalue weighted by Crippen LogP contribution is 2.24. The molecular formula is C13H10ClFN2S. The number of hydrogen-bond donors (Lipinski definition) is 2. The van der Waals surface area contributed by atoms with Gasteiger partial charge in [-0.3, -0.25) is 0 Å². The van der Waals surface area contributed by atoms with E-state index in [-0.39, 0.29) is 10.8 Å². The van der Waals surface area contributed by atoms with Gasteiger partial charge >= 0.3 is 0 Å². The van der Waals surface area contributed by atoms with Crippen LogP contribution in [0.1, 0.15) is 5.56 Å². The van der Waals surface area contributed by atoms with Crippen LogP contribution in [0.2, 0.25) is 5.02 Å². The van der Waals surface area contributed by atoms with Crippen molar-refractivity contribution in [3.8, 4) is 0 Å². The molecule has 0 radical (unpaired) electrons. The van der Waals surface area contributed by atoms with E-state index in [4.69, 9.17) is 29.6 Å². The van der Waals surface area contributed by atoms with Crippen LogP contribution in [0.25, 0.3) is 0 Å². The largest absolute Gasteiger partial charge is 0.389 e. The van der Waals surface area contributed by atoms with Gasteiger partial charge in [0, 0.05) is 22.0 Å². The highest BCUT2D eigenvalue weighted by atomic mass is 35.5. The van der Waals surface area contributed by atoms with E-state index in [0.29, 0.717) is 22.0 Å². The molecule has 0 saturated heterocycles. The topological polar surface area (TPSA) is 38.0 Å². The summed E-state index contributed by atoms with van der Waals surface area (Å²) < 4.78 is 13.1. The van der Waals surface area contributed by atoms with E-state index in [1.165, 1.54) is 12.1 Å². The standard InChI is InChI=1S/C13H10ClFN2S/c14-8-4-5-12(11(6-8)13(16)18)17-10-3-1-2-9(15)7-10/h1-7,17H,(H2,16,18). The Morgan fingerprint density at radius 2 is 2.00 bits per heavy atom. The zero-order chi connectivity index (χ0) is 13.1. The van der Waals surface area contributed by atoms with Crippen LogP contribution in [0, 0.1) is 5.82 Å². The van der Waals surface area contributed by atoms with Gasteiger partial charge < -0.3 is 11.1 Å². The molecule has 3 N–H and O–H groups in total. The third-order valence-corrected chi connectivity index (χ3v) is 2.81. The molecule has 2 aromatic carbocycles. The molecule has 0 heterocycles. The maximum Gasteiger partial charge on any atom is 0.125 e. The summed E-state index contributed by atoms with van der Waals surface area (Å²) in [6, 6.07) is 11.3. The van der Waals surface area contributed by atoms with Gasteiger partial charge in [-0.2, -0.15) is 0 Å². The van der Waals surface area contributed by atoms with E-state index in [0.717, 1.165) is 0 Å². The fraction of sp³-hybridized carbons (Fsp3) is 0. The third-order valence-electron chi connectivity index (χ3n) is 2.35. The second kappa shape index (κ2) is 5.33. The van der Waals surface area contributed by atoms with Crippen LogP contribution < -0.4 is 11.1 Å². The Bertz CT molecular complexity index is 601. The normalized spacial score (nSPS) is 10.1. The Labute approximate surface area is 115 Å². The third kappa shape index (κ3) is 2.97. The lowest BCUT2D eigenvalue weighted by molar-refractivity contribution is 0.628. The van der Waals surface area contributed by atoms with Gasteiger partial charge in [0.15, 0.2) is 0 Å². The van der Waals surface area contributed by atoms with Crippen molar-refractivity contribution in [3.63, 3.8) is 0 Å². The molecule has 0 spiro atoms. The Morgan fingerprint density at radius 1 is 1.22 bits per heavy atom. The van der Waals surface area contributed by atoms with Gasteiger partial charge in [-0.25, -0.2) is 4.39 Å². The summed E-state index contributed by atoms with van der Waals surface area (Å²) in [7, 11) is 0. The van der Waals surface area contributed by atoms with Crippen LogP contribution in [0.15, 0.2) is 42.5 Å². The van der Waals surface area contributed by atoms with Crippen molar-refractivity contribution < 1.29 is 4.39 Å². The smallest absolute Gasteiger partial charge is 0.125 e. The average molecular weight is 281 g/mol. The molecule has 0 fully saturated rings. The van der Waals surface area contributed by atoms with Gasteiger partial charge in [0.05, 0.1) is 0 Å². The van der Waals surface area contributed by atoms with Crippen molar-refractivity contribution in [2.45, 2.75) is 0 Å². The Balaban J connectivity index is 2.37. The van der Waals surface area contributed by atoms with Crippen molar-refractivity contribution >= 4 is 40.2 Å². The summed E-state index contributed by atoms with van der Waals surface area (Å²) >= 11 is 10.8. The zero-order valence-corrected chi connectivity index (χ0v) is 10.9. The zero-order valence-electron chi connectivity index (χ0n) is 9.28. The molecule has 0 bridgehead atoms. The van der Waals surface area contributed by atoms with Gasteiger partial charge in [0.25, 0.3) is 0 Å². The number of thiocarbonyl (C=S) groups is 1. The van der Waals surface area contributed by atoms with Crippen LogP contribution in [0.4, 0.5) is 15.8 Å². The number of halogens is 2. The van der Waals surface area contributed by atoms with Gasteiger partial charge in [-0.05, 0) is 36.4 Å². The molecule has 2 nitrogen and oxygen atoms in total. The molecule has 2 aromatic rings. The van der Waals surface area contributed by atoms with Crippen LogP contribution in [-0.4, -0.2) is 4.99 Å². The SMILES string of the molecule is NC(=S)c1cc(Cl)ccc1Nc1cccc(F)c1. The van der Waals surface area contributed by atoms with E-state index in [2.05, 4.69) is 5.32 Å². The first-order valence-electron chi connectivity index (χ1n) is 5.18. The van der Waals surface area contributed by atoms with Crippen molar-refractivity contribution in [1.82, 2.24) is 0 Å². The number of nitrogens with two attached hydrogens (primary N) is 1. The summed E-state index contributed by atoms with van der Waals surface area (Å²) in [5, 5.41) is 3.60. The van der Waals surface area contributed by atoms with Crippen LogP contribution in [-0.2, 0) is 0 Å². The van der Waals surface area contributed by atoms with Gasteiger partial charge in [-0.1, -0.05) is 29.9 Å². The molecule has 0 unspecified atom stereocenters. The fourth-order valence-electron chi connectivity index (χ4n) is 1.55. The lowest BCUT2D eigenvalue weighted by Crippen LogP contribution is -2.11. The number of rotatable bonds is 3. The predicted octanol–water partition coefficient (Wildman–Crippen LogP) is 3.86. The maximum absolute atomic E-state index is 13.1. The molecule has 0 aliphatic rings. The summed E-state index contributed by atoms with van der Waals surface area (Å²) in [6.45, 7) is 0. The number of benzene rings is 2. The summed E-state index contributed by atoms with van der Waals surface area (Å²) in [5.74, 6) is -0.314. The Hall–Kier alpha value is -1.65. The minimum Gasteiger partial charge on any atom is -0.389 e. The fourth-order valence-corrected chi connectivity index (χ4v) is 1.89. The quantitative estimate of drug-likeness (QED) is 0.839. The summed E-state index contributed by atoms with van der Waals surface area (Å²) in [4.78, 5) is 0.233. The second-order valence-corrected chi connectivity index (χ2v) is 4.57. The highest BCUT2D eigenvalue weighted by molar-refractivity contribution is 7.80. The predicted molar refractivity (Wildman–Crippen MR) is 77.0 cm³/mol. The highest BCUT2D eigenvalue weighted by Gasteiger charge is 2.06. The molecule has 0 aromatic heterocycles. The van der Waals surface area contributed by atoms with E-state index < -0.39 is 0 Å². The lowest BCUT2D eigenvalue weighted by atomic mass is 10.1. The Morgan fingerprint density at radius 3 is 2.67 bits per heavy atom. The first-order chi connectivity index (χ1) is 8.56. The summed E-state index contributed by atoms with van der Waals surface area (Å²) in [5.41, 5.74) is 7.56. The van der Waals surface area contributed by atoms with Crippen LogP contribution in [0.3, 0.4) is 0 Å². The van der Waals surface area contributed by atoms with E-state index in [1.54, 1.807) is 30.3 Å². The average Bonchev–Trinajstić information content (AvgIpc) is 2.31. The lowest BCUT2D eigenvalue weighted by Gasteiger charge is -2.11. The van der Waals surface area contributed by atoms with Crippen LogP contribution in [0.5, 0.6) is 0 Å². The molecule has 0 aliphatic carbocycles. The molecule has 2 rings (SSSR count). The van der Waals surface area contributed by atoms with E-state index in [1.807, 2.05) is 0 Å².